The van der Waals surface area contributed by atoms with E-state index in [1.807, 2.05) is 32.0 Å². The zero-order chi connectivity index (χ0) is 13.3. The lowest BCUT2D eigenvalue weighted by atomic mass is 9.98. The van der Waals surface area contributed by atoms with E-state index in [-0.39, 0.29) is 11.9 Å². The Balaban J connectivity index is 2.52. The molecule has 0 saturated carbocycles. The topological polar surface area (TPSA) is 26.0 Å². The fourth-order valence-corrected chi connectivity index (χ4v) is 2.32. The van der Waals surface area contributed by atoms with Crippen LogP contribution in [-0.4, -0.2) is 0 Å². The summed E-state index contributed by atoms with van der Waals surface area (Å²) >= 11 is 6.19. The van der Waals surface area contributed by atoms with Crippen LogP contribution in [0.15, 0.2) is 36.4 Å². The molecule has 2 N–H and O–H groups in total. The minimum absolute atomic E-state index is 0.111. The lowest BCUT2D eigenvalue weighted by Crippen LogP contribution is -2.05. The summed E-state index contributed by atoms with van der Waals surface area (Å²) in [5.41, 5.74) is 9.48. The van der Waals surface area contributed by atoms with Crippen molar-refractivity contribution in [1.29, 1.82) is 0 Å². The van der Waals surface area contributed by atoms with Gasteiger partial charge in [0.1, 0.15) is 5.82 Å². The number of hydrogen-bond acceptors (Lipinski definition) is 1. The molecule has 1 unspecified atom stereocenters. The molecule has 0 saturated heterocycles. The predicted octanol–water partition coefficient (Wildman–Crippen LogP) is 4.47. The molecule has 0 aliphatic carbocycles. The van der Waals surface area contributed by atoms with Crippen molar-refractivity contribution in [3.05, 3.63) is 58.4 Å². The van der Waals surface area contributed by atoms with Crippen molar-refractivity contribution < 1.29 is 4.39 Å². The van der Waals surface area contributed by atoms with Crippen LogP contribution < -0.4 is 5.73 Å². The molecular formula is C15H15ClFN. The molecule has 1 atom stereocenters. The second-order valence-corrected chi connectivity index (χ2v) is 4.89. The first-order valence-electron chi connectivity index (χ1n) is 5.80. The van der Waals surface area contributed by atoms with Gasteiger partial charge in [-0.3, -0.25) is 0 Å². The van der Waals surface area contributed by atoms with Crippen LogP contribution in [0.4, 0.5) is 4.39 Å². The number of hydrogen-bond donors (Lipinski definition) is 1. The minimum atomic E-state index is -0.247. The Bertz CT molecular complexity index is 579. The van der Waals surface area contributed by atoms with E-state index in [2.05, 4.69) is 0 Å². The Labute approximate surface area is 111 Å². The standard InChI is InChI=1S/C15H15ClFN/c1-9-3-5-12(17)8-14(9)11-4-6-13(10(2)18)15(16)7-11/h3-8,10H,18H2,1-2H3. The quantitative estimate of drug-likeness (QED) is 0.850. The highest BCUT2D eigenvalue weighted by Crippen LogP contribution is 2.30. The normalized spacial score (nSPS) is 12.5. The van der Waals surface area contributed by atoms with Crippen LogP contribution in [0.25, 0.3) is 11.1 Å². The molecule has 0 radical (unpaired) electrons. The van der Waals surface area contributed by atoms with Gasteiger partial charge in [0.25, 0.3) is 0 Å². The van der Waals surface area contributed by atoms with Crippen molar-refractivity contribution in [2.45, 2.75) is 19.9 Å². The van der Waals surface area contributed by atoms with Crippen molar-refractivity contribution >= 4 is 11.6 Å². The summed E-state index contributed by atoms with van der Waals surface area (Å²) in [4.78, 5) is 0. The molecule has 0 heterocycles. The highest BCUT2D eigenvalue weighted by Gasteiger charge is 2.09. The maximum Gasteiger partial charge on any atom is 0.123 e. The van der Waals surface area contributed by atoms with Crippen LogP contribution in [-0.2, 0) is 0 Å². The smallest absolute Gasteiger partial charge is 0.123 e. The Morgan fingerprint density at radius 1 is 1.17 bits per heavy atom. The summed E-state index contributed by atoms with van der Waals surface area (Å²) in [6.07, 6.45) is 0. The molecule has 0 amide bonds. The number of benzene rings is 2. The first-order valence-corrected chi connectivity index (χ1v) is 6.18. The van der Waals surface area contributed by atoms with Gasteiger partial charge in [-0.05, 0) is 54.3 Å². The van der Waals surface area contributed by atoms with Crippen LogP contribution >= 0.6 is 11.6 Å². The van der Waals surface area contributed by atoms with E-state index in [0.29, 0.717) is 5.02 Å². The van der Waals surface area contributed by atoms with Crippen molar-refractivity contribution in [3.8, 4) is 11.1 Å². The van der Waals surface area contributed by atoms with Crippen LogP contribution in [0, 0.1) is 12.7 Å². The Morgan fingerprint density at radius 3 is 2.50 bits per heavy atom. The monoisotopic (exact) mass is 263 g/mol. The highest BCUT2D eigenvalue weighted by atomic mass is 35.5. The first-order chi connectivity index (χ1) is 8.49. The van der Waals surface area contributed by atoms with Crippen molar-refractivity contribution in [3.63, 3.8) is 0 Å². The van der Waals surface area contributed by atoms with Crippen molar-refractivity contribution in [1.82, 2.24) is 0 Å². The molecule has 0 spiro atoms. The first kappa shape index (κ1) is 13.1. The Hall–Kier alpha value is -1.38. The van der Waals surface area contributed by atoms with Gasteiger partial charge in [0.15, 0.2) is 0 Å². The van der Waals surface area contributed by atoms with Gasteiger partial charge in [-0.25, -0.2) is 4.39 Å². The van der Waals surface area contributed by atoms with Gasteiger partial charge < -0.3 is 5.73 Å². The molecule has 0 aromatic heterocycles. The number of rotatable bonds is 2. The molecule has 94 valence electrons. The molecule has 0 aliphatic rings. The number of aryl methyl sites for hydroxylation is 1. The third kappa shape index (κ3) is 2.55. The van der Waals surface area contributed by atoms with Crippen LogP contribution in [0.1, 0.15) is 24.1 Å². The molecule has 0 aliphatic heterocycles. The molecular weight excluding hydrogens is 249 g/mol. The lowest BCUT2D eigenvalue weighted by molar-refractivity contribution is 0.628. The van der Waals surface area contributed by atoms with Gasteiger partial charge >= 0.3 is 0 Å². The summed E-state index contributed by atoms with van der Waals surface area (Å²) < 4.78 is 13.3. The summed E-state index contributed by atoms with van der Waals surface area (Å²) in [7, 11) is 0. The molecule has 3 heteroatoms. The zero-order valence-corrected chi connectivity index (χ0v) is 11.1. The highest BCUT2D eigenvalue weighted by molar-refractivity contribution is 6.31. The van der Waals surface area contributed by atoms with Crippen molar-refractivity contribution in [2.75, 3.05) is 0 Å². The van der Waals surface area contributed by atoms with E-state index < -0.39 is 0 Å². The lowest BCUT2D eigenvalue weighted by Gasteiger charge is -2.11. The molecule has 2 aromatic rings. The third-order valence-electron chi connectivity index (χ3n) is 3.00. The third-order valence-corrected chi connectivity index (χ3v) is 3.33. The van der Waals surface area contributed by atoms with Gasteiger partial charge in [-0.1, -0.05) is 29.8 Å². The second kappa shape index (κ2) is 5.09. The zero-order valence-electron chi connectivity index (χ0n) is 10.4. The number of nitrogens with two attached hydrogens (primary N) is 1. The average molecular weight is 264 g/mol. The summed E-state index contributed by atoms with van der Waals surface area (Å²) in [5, 5.41) is 0.617. The fraction of sp³-hybridized carbons (Fsp3) is 0.200. The van der Waals surface area contributed by atoms with E-state index in [1.165, 1.54) is 12.1 Å². The minimum Gasteiger partial charge on any atom is -0.324 e. The van der Waals surface area contributed by atoms with Gasteiger partial charge in [-0.15, -0.1) is 0 Å². The maximum absolute atomic E-state index is 13.3. The van der Waals surface area contributed by atoms with E-state index in [1.54, 1.807) is 6.07 Å². The molecule has 0 fully saturated rings. The van der Waals surface area contributed by atoms with Gasteiger partial charge in [0, 0.05) is 11.1 Å². The van der Waals surface area contributed by atoms with Gasteiger partial charge in [0.05, 0.1) is 0 Å². The second-order valence-electron chi connectivity index (χ2n) is 4.48. The summed E-state index contributed by atoms with van der Waals surface area (Å²) in [6, 6.07) is 10.3. The van der Waals surface area contributed by atoms with E-state index in [9.17, 15) is 4.39 Å². The Kier molecular flexibility index (Phi) is 3.69. The van der Waals surface area contributed by atoms with Crippen molar-refractivity contribution in [2.24, 2.45) is 5.73 Å². The van der Waals surface area contributed by atoms with E-state index in [0.717, 1.165) is 22.3 Å². The SMILES string of the molecule is Cc1ccc(F)cc1-c1ccc(C(C)N)c(Cl)c1. The molecule has 1 nitrogen and oxygen atoms in total. The average Bonchev–Trinajstić information content (AvgIpc) is 2.31. The Morgan fingerprint density at radius 2 is 1.89 bits per heavy atom. The van der Waals surface area contributed by atoms with Gasteiger partial charge in [0.2, 0.25) is 0 Å². The predicted molar refractivity (Wildman–Crippen MR) is 74.2 cm³/mol. The molecule has 2 rings (SSSR count). The summed E-state index contributed by atoms with van der Waals surface area (Å²) in [6.45, 7) is 3.83. The van der Waals surface area contributed by atoms with E-state index in [4.69, 9.17) is 17.3 Å². The largest absolute Gasteiger partial charge is 0.324 e. The summed E-state index contributed by atoms with van der Waals surface area (Å²) in [5.74, 6) is -0.247. The number of halogens is 2. The van der Waals surface area contributed by atoms with Crippen LogP contribution in [0.2, 0.25) is 5.02 Å². The fourth-order valence-electron chi connectivity index (χ4n) is 1.97. The molecule has 18 heavy (non-hydrogen) atoms. The maximum atomic E-state index is 13.3. The van der Waals surface area contributed by atoms with Crippen LogP contribution in [0.5, 0.6) is 0 Å². The van der Waals surface area contributed by atoms with Crippen LogP contribution in [0.3, 0.4) is 0 Å². The van der Waals surface area contributed by atoms with Gasteiger partial charge in [-0.2, -0.15) is 0 Å². The molecule has 0 bridgehead atoms. The molecule has 2 aromatic carbocycles. The van der Waals surface area contributed by atoms with E-state index >= 15 is 0 Å².